The average molecular weight is 460 g/mol. The summed E-state index contributed by atoms with van der Waals surface area (Å²) in [5.74, 6) is 0.706. The maximum Gasteiger partial charge on any atom is 0.343 e. The molecule has 1 aliphatic rings. The van der Waals surface area contributed by atoms with Crippen molar-refractivity contribution in [3.8, 4) is 17.2 Å². The number of amides is 1. The smallest absolute Gasteiger partial charge is 0.343 e. The minimum Gasteiger partial charge on any atom is -0.494 e. The van der Waals surface area contributed by atoms with Crippen LogP contribution in [0.15, 0.2) is 47.4 Å². The fourth-order valence-electron chi connectivity index (χ4n) is 2.84. The molecule has 31 heavy (non-hydrogen) atoms. The summed E-state index contributed by atoms with van der Waals surface area (Å²) < 4.78 is 21.4. The summed E-state index contributed by atoms with van der Waals surface area (Å²) in [4.78, 5) is 26.5. The Morgan fingerprint density at radius 3 is 2.52 bits per heavy atom. The first kappa shape index (κ1) is 22.6. The number of carbonyl (C=O) groups excluding carboxylic acids is 2. The quantitative estimate of drug-likeness (QED) is 0.333. The number of ether oxygens (including phenoxy) is 4. The van der Waals surface area contributed by atoms with E-state index in [9.17, 15) is 9.59 Å². The zero-order chi connectivity index (χ0) is 22.4. The number of benzene rings is 2. The number of esters is 1. The van der Waals surface area contributed by atoms with Gasteiger partial charge in [-0.15, -0.1) is 0 Å². The summed E-state index contributed by atoms with van der Waals surface area (Å²) in [6, 6.07) is 12.4. The highest BCUT2D eigenvalue weighted by atomic mass is 32.2. The molecule has 0 aromatic heterocycles. The van der Waals surface area contributed by atoms with E-state index in [4.69, 9.17) is 26.4 Å². The number of rotatable bonds is 8. The second-order valence-corrected chi connectivity index (χ2v) is 7.86. The zero-order valence-corrected chi connectivity index (χ0v) is 18.9. The van der Waals surface area contributed by atoms with E-state index in [0.717, 1.165) is 5.75 Å². The van der Waals surface area contributed by atoms with Gasteiger partial charge < -0.3 is 18.9 Å². The van der Waals surface area contributed by atoms with Gasteiger partial charge in [-0.3, -0.25) is 9.69 Å². The van der Waals surface area contributed by atoms with Gasteiger partial charge in [0.15, 0.2) is 22.4 Å². The van der Waals surface area contributed by atoms with E-state index < -0.39 is 5.97 Å². The second kappa shape index (κ2) is 10.3. The number of nitrogens with zero attached hydrogens (tertiary/aromatic N) is 1. The SMILES string of the molecule is CCOc1ccc(N2C(=O)/C(=C\c3cccc(OC)c3OCC(=O)OC)SC2=S)cc1. The van der Waals surface area contributed by atoms with Crippen molar-refractivity contribution < 1.29 is 28.5 Å². The number of carbonyl (C=O) groups is 2. The van der Waals surface area contributed by atoms with Crippen molar-refractivity contribution in [3.63, 3.8) is 0 Å². The van der Waals surface area contributed by atoms with Crippen LogP contribution in [0.25, 0.3) is 6.08 Å². The van der Waals surface area contributed by atoms with Crippen molar-refractivity contribution in [2.45, 2.75) is 6.92 Å². The molecule has 1 heterocycles. The van der Waals surface area contributed by atoms with E-state index in [1.165, 1.54) is 30.9 Å². The molecule has 1 aliphatic heterocycles. The Kier molecular flexibility index (Phi) is 7.54. The molecule has 0 spiro atoms. The molecule has 2 aromatic carbocycles. The average Bonchev–Trinajstić information content (AvgIpc) is 3.06. The Labute approximate surface area is 189 Å². The first-order valence-corrected chi connectivity index (χ1v) is 10.6. The largest absolute Gasteiger partial charge is 0.494 e. The van der Waals surface area contributed by atoms with Crippen molar-refractivity contribution in [2.75, 3.05) is 32.3 Å². The Morgan fingerprint density at radius 2 is 1.87 bits per heavy atom. The number of para-hydroxylation sites is 1. The van der Waals surface area contributed by atoms with Crippen molar-refractivity contribution in [1.82, 2.24) is 0 Å². The second-order valence-electron chi connectivity index (χ2n) is 6.19. The lowest BCUT2D eigenvalue weighted by atomic mass is 10.1. The maximum atomic E-state index is 13.1. The van der Waals surface area contributed by atoms with Crippen LogP contribution in [0.2, 0.25) is 0 Å². The number of thioether (sulfide) groups is 1. The molecule has 0 bridgehead atoms. The summed E-state index contributed by atoms with van der Waals surface area (Å²) in [5, 5.41) is 0. The number of thiocarbonyl (C=S) groups is 1. The van der Waals surface area contributed by atoms with Crippen LogP contribution < -0.4 is 19.1 Å². The van der Waals surface area contributed by atoms with E-state index in [2.05, 4.69) is 4.74 Å². The molecule has 162 valence electrons. The van der Waals surface area contributed by atoms with Crippen molar-refractivity contribution in [3.05, 3.63) is 52.9 Å². The zero-order valence-electron chi connectivity index (χ0n) is 17.2. The van der Waals surface area contributed by atoms with E-state index in [0.29, 0.717) is 38.6 Å². The highest BCUT2D eigenvalue weighted by molar-refractivity contribution is 8.27. The molecule has 0 radical (unpaired) electrons. The third-order valence-electron chi connectivity index (χ3n) is 4.28. The van der Waals surface area contributed by atoms with Crippen molar-refractivity contribution >= 4 is 51.9 Å². The maximum absolute atomic E-state index is 13.1. The molecule has 0 unspecified atom stereocenters. The van der Waals surface area contributed by atoms with Crippen LogP contribution >= 0.6 is 24.0 Å². The van der Waals surface area contributed by atoms with Gasteiger partial charge in [-0.1, -0.05) is 36.1 Å². The Bertz CT molecular complexity index is 1020. The number of hydrogen-bond donors (Lipinski definition) is 0. The third-order valence-corrected chi connectivity index (χ3v) is 5.58. The van der Waals surface area contributed by atoms with Crippen LogP contribution in [0, 0.1) is 0 Å². The Balaban J connectivity index is 1.89. The molecule has 1 amide bonds. The topological polar surface area (TPSA) is 74.3 Å². The molecule has 7 nitrogen and oxygen atoms in total. The molecule has 0 saturated carbocycles. The highest BCUT2D eigenvalue weighted by Crippen LogP contribution is 2.39. The summed E-state index contributed by atoms with van der Waals surface area (Å²) in [6.45, 7) is 2.18. The lowest BCUT2D eigenvalue weighted by molar-refractivity contribution is -0.142. The van der Waals surface area contributed by atoms with Crippen LogP contribution in [0.3, 0.4) is 0 Å². The van der Waals surface area contributed by atoms with Crippen LogP contribution in [-0.2, 0) is 14.3 Å². The summed E-state index contributed by atoms with van der Waals surface area (Å²) >= 11 is 6.63. The van der Waals surface area contributed by atoms with Gasteiger partial charge in [-0.05, 0) is 43.3 Å². The van der Waals surface area contributed by atoms with Gasteiger partial charge in [0.1, 0.15) is 5.75 Å². The standard InChI is InChI=1S/C22H21NO6S2/c1-4-28-16-10-8-15(9-11-16)23-21(25)18(31-22(23)30)12-14-6-5-7-17(26-2)20(14)29-13-19(24)27-3/h5-12H,4,13H2,1-3H3/b18-12+. The van der Waals surface area contributed by atoms with E-state index in [1.54, 1.807) is 48.5 Å². The summed E-state index contributed by atoms with van der Waals surface area (Å²) in [7, 11) is 2.77. The molecular formula is C22H21NO6S2. The third kappa shape index (κ3) is 5.18. The van der Waals surface area contributed by atoms with Gasteiger partial charge in [-0.25, -0.2) is 4.79 Å². The summed E-state index contributed by atoms with van der Waals surface area (Å²) in [5.41, 5.74) is 1.23. The molecule has 0 N–H and O–H groups in total. The molecule has 2 aromatic rings. The van der Waals surface area contributed by atoms with Gasteiger partial charge in [0.05, 0.1) is 31.4 Å². The number of methoxy groups -OCH3 is 2. The predicted molar refractivity (Wildman–Crippen MR) is 124 cm³/mol. The van der Waals surface area contributed by atoms with E-state index in [-0.39, 0.29) is 12.5 Å². The van der Waals surface area contributed by atoms with Gasteiger partial charge >= 0.3 is 5.97 Å². The molecule has 0 atom stereocenters. The molecule has 1 fully saturated rings. The van der Waals surface area contributed by atoms with Crippen molar-refractivity contribution in [2.24, 2.45) is 0 Å². The summed E-state index contributed by atoms with van der Waals surface area (Å²) in [6.07, 6.45) is 1.67. The number of anilines is 1. The lowest BCUT2D eigenvalue weighted by Crippen LogP contribution is -2.27. The van der Waals surface area contributed by atoms with Gasteiger partial charge in [0, 0.05) is 5.56 Å². The first-order chi connectivity index (χ1) is 15.0. The van der Waals surface area contributed by atoms with Crippen LogP contribution in [0.5, 0.6) is 17.2 Å². The molecule has 3 rings (SSSR count). The molecule has 1 saturated heterocycles. The van der Waals surface area contributed by atoms with E-state index >= 15 is 0 Å². The van der Waals surface area contributed by atoms with Crippen molar-refractivity contribution in [1.29, 1.82) is 0 Å². The number of hydrogen-bond acceptors (Lipinski definition) is 8. The minimum atomic E-state index is -0.529. The highest BCUT2D eigenvalue weighted by Gasteiger charge is 2.33. The minimum absolute atomic E-state index is 0.249. The van der Waals surface area contributed by atoms with Gasteiger partial charge in [0.25, 0.3) is 5.91 Å². The fraction of sp³-hybridized carbons (Fsp3) is 0.227. The monoisotopic (exact) mass is 459 g/mol. The normalized spacial score (nSPS) is 14.7. The van der Waals surface area contributed by atoms with Crippen LogP contribution in [-0.4, -0.2) is 43.6 Å². The fourth-order valence-corrected chi connectivity index (χ4v) is 4.13. The first-order valence-electron chi connectivity index (χ1n) is 9.36. The molecule has 0 aliphatic carbocycles. The van der Waals surface area contributed by atoms with E-state index in [1.807, 2.05) is 6.92 Å². The van der Waals surface area contributed by atoms with Gasteiger partial charge in [-0.2, -0.15) is 0 Å². The van der Waals surface area contributed by atoms with Crippen LogP contribution in [0.4, 0.5) is 5.69 Å². The Morgan fingerprint density at radius 1 is 1.13 bits per heavy atom. The van der Waals surface area contributed by atoms with Gasteiger partial charge in [0.2, 0.25) is 0 Å². The molecule has 9 heteroatoms. The molecular weight excluding hydrogens is 438 g/mol. The lowest BCUT2D eigenvalue weighted by Gasteiger charge is -2.15. The Hall–Kier alpha value is -3.04. The predicted octanol–water partition coefficient (Wildman–Crippen LogP) is 4.05. The van der Waals surface area contributed by atoms with Crippen LogP contribution in [0.1, 0.15) is 12.5 Å².